The Bertz CT molecular complexity index is 1420. The smallest absolute Gasteiger partial charge is 0.274 e. The van der Waals surface area contributed by atoms with Crippen LogP contribution in [-0.2, 0) is 17.1 Å². The molecule has 2 aromatic heterocycles. The Morgan fingerprint density at radius 3 is 2.76 bits per heavy atom. The van der Waals surface area contributed by atoms with E-state index in [4.69, 9.17) is 10.5 Å². The molecule has 4 aromatic rings. The minimum Gasteiger partial charge on any atom is -0.357 e. The highest BCUT2D eigenvalue weighted by Gasteiger charge is 2.37. The average Bonchev–Trinajstić information content (AvgIpc) is 3.67. The predicted octanol–water partition coefficient (Wildman–Crippen LogP) is 4.05. The molecule has 1 aliphatic rings. The predicted molar refractivity (Wildman–Crippen MR) is 136 cm³/mol. The maximum atomic E-state index is 14.9. The number of anilines is 1. The number of hydrogen-bond acceptors (Lipinski definition) is 6. The highest BCUT2D eigenvalue weighted by atomic mass is 19.1. The molecule has 190 valence electrons. The van der Waals surface area contributed by atoms with E-state index in [0.717, 1.165) is 18.4 Å². The number of amides is 1. The van der Waals surface area contributed by atoms with Crippen LogP contribution in [0.15, 0.2) is 72.9 Å². The third-order valence-corrected chi connectivity index (χ3v) is 6.30. The highest BCUT2D eigenvalue weighted by Crippen LogP contribution is 2.36. The first-order valence-corrected chi connectivity index (χ1v) is 12.1. The van der Waals surface area contributed by atoms with Crippen LogP contribution in [0.1, 0.15) is 45.8 Å². The van der Waals surface area contributed by atoms with E-state index in [2.05, 4.69) is 15.4 Å². The number of nitrogens with two attached hydrogens (primary N) is 1. The van der Waals surface area contributed by atoms with Gasteiger partial charge in [-0.1, -0.05) is 24.3 Å². The third kappa shape index (κ3) is 5.29. The Morgan fingerprint density at radius 1 is 1.19 bits per heavy atom. The molecule has 2 heterocycles. The summed E-state index contributed by atoms with van der Waals surface area (Å²) in [5.41, 5.74) is 8.58. The normalized spacial score (nSPS) is 14.8. The molecule has 0 saturated heterocycles. The van der Waals surface area contributed by atoms with Crippen molar-refractivity contribution in [1.82, 2.24) is 14.8 Å². The van der Waals surface area contributed by atoms with Crippen molar-refractivity contribution >= 4 is 11.6 Å². The van der Waals surface area contributed by atoms with E-state index in [9.17, 15) is 14.3 Å². The van der Waals surface area contributed by atoms with Gasteiger partial charge in [-0.25, -0.2) is 9.07 Å². The molecule has 2 aromatic carbocycles. The van der Waals surface area contributed by atoms with Crippen molar-refractivity contribution < 1.29 is 19.0 Å². The molecule has 1 aliphatic carbocycles. The zero-order chi connectivity index (χ0) is 26.0. The molecule has 1 atom stereocenters. The first-order chi connectivity index (χ1) is 17.9. The minimum absolute atomic E-state index is 0.104. The highest BCUT2D eigenvalue weighted by molar-refractivity contribution is 6.03. The standard InChI is InChI=1S/C28H28FN5O3/c1-18-13-25(34(33-18)22-6-4-5-20(14-22)16-30)27(35)32-24-15-21(10-11-23(24)29)28(36,37-17-19-8-9-19)26-7-2-3-12-31-26/h2-7,10-15,19,36H,8-9,16-17,30H2,1H3,(H,32,35). The lowest BCUT2D eigenvalue weighted by atomic mass is 10.0. The van der Waals surface area contributed by atoms with E-state index >= 15 is 0 Å². The van der Waals surface area contributed by atoms with Crippen molar-refractivity contribution in [2.24, 2.45) is 11.7 Å². The Labute approximate surface area is 213 Å². The molecule has 8 nitrogen and oxygen atoms in total. The number of rotatable bonds is 9. The number of nitrogens with one attached hydrogen (secondary N) is 1. The summed E-state index contributed by atoms with van der Waals surface area (Å²) < 4.78 is 22.3. The summed E-state index contributed by atoms with van der Waals surface area (Å²) >= 11 is 0. The van der Waals surface area contributed by atoms with Crippen molar-refractivity contribution in [1.29, 1.82) is 0 Å². The number of ether oxygens (including phenoxy) is 1. The molecule has 5 rings (SSSR count). The second-order valence-corrected chi connectivity index (χ2v) is 9.22. The maximum absolute atomic E-state index is 14.9. The lowest BCUT2D eigenvalue weighted by Crippen LogP contribution is -2.33. The lowest BCUT2D eigenvalue weighted by Gasteiger charge is -2.28. The molecular weight excluding hydrogens is 473 g/mol. The SMILES string of the molecule is Cc1cc(C(=O)Nc2cc(C(O)(OCC3CC3)c3ccccn3)ccc2F)n(-c2cccc(CN)c2)n1. The van der Waals surface area contributed by atoms with Crippen LogP contribution < -0.4 is 11.1 Å². The van der Waals surface area contributed by atoms with Crippen LogP contribution in [-0.4, -0.2) is 32.4 Å². The molecular formula is C28H28FN5O3. The van der Waals surface area contributed by atoms with Crippen LogP contribution in [0.5, 0.6) is 0 Å². The molecule has 1 saturated carbocycles. The molecule has 37 heavy (non-hydrogen) atoms. The van der Waals surface area contributed by atoms with Crippen molar-refractivity contribution in [3.8, 4) is 5.69 Å². The van der Waals surface area contributed by atoms with Crippen LogP contribution in [0.4, 0.5) is 10.1 Å². The number of pyridine rings is 1. The van der Waals surface area contributed by atoms with Gasteiger partial charge in [-0.2, -0.15) is 5.10 Å². The number of aromatic nitrogens is 3. The number of halogens is 1. The summed E-state index contributed by atoms with van der Waals surface area (Å²) in [7, 11) is 0. The fourth-order valence-corrected chi connectivity index (χ4v) is 4.08. The van der Waals surface area contributed by atoms with E-state index in [1.807, 2.05) is 24.3 Å². The van der Waals surface area contributed by atoms with E-state index < -0.39 is 17.5 Å². The topological polar surface area (TPSA) is 115 Å². The second kappa shape index (κ2) is 10.2. The average molecular weight is 502 g/mol. The third-order valence-electron chi connectivity index (χ3n) is 6.30. The first-order valence-electron chi connectivity index (χ1n) is 12.1. The monoisotopic (exact) mass is 501 g/mol. The molecule has 1 unspecified atom stereocenters. The zero-order valence-electron chi connectivity index (χ0n) is 20.4. The summed E-state index contributed by atoms with van der Waals surface area (Å²) in [6.45, 7) is 2.45. The fourth-order valence-electron chi connectivity index (χ4n) is 4.08. The largest absolute Gasteiger partial charge is 0.357 e. The van der Waals surface area contributed by atoms with Crippen LogP contribution in [0.25, 0.3) is 5.69 Å². The van der Waals surface area contributed by atoms with Gasteiger partial charge in [-0.05, 0) is 73.7 Å². The number of carbonyl (C=O) groups excluding carboxylic acids is 1. The Hall–Kier alpha value is -3.92. The van der Waals surface area contributed by atoms with E-state index in [1.54, 1.807) is 37.4 Å². The summed E-state index contributed by atoms with van der Waals surface area (Å²) in [4.78, 5) is 17.6. The van der Waals surface area contributed by atoms with Gasteiger partial charge in [0.15, 0.2) is 0 Å². The summed E-state index contributed by atoms with van der Waals surface area (Å²) in [6, 6.07) is 18.1. The number of aliphatic hydroxyl groups is 1. The van der Waals surface area contributed by atoms with Crippen molar-refractivity contribution in [2.45, 2.75) is 32.1 Å². The number of carbonyl (C=O) groups is 1. The van der Waals surface area contributed by atoms with Gasteiger partial charge in [0.1, 0.15) is 17.2 Å². The van der Waals surface area contributed by atoms with Gasteiger partial charge in [-0.15, -0.1) is 0 Å². The van der Waals surface area contributed by atoms with E-state index in [1.165, 1.54) is 22.9 Å². The lowest BCUT2D eigenvalue weighted by molar-refractivity contribution is -0.186. The number of hydrogen-bond donors (Lipinski definition) is 3. The molecule has 1 amide bonds. The fraction of sp³-hybridized carbons (Fsp3) is 0.250. The zero-order valence-corrected chi connectivity index (χ0v) is 20.4. The second-order valence-electron chi connectivity index (χ2n) is 9.22. The van der Waals surface area contributed by atoms with Crippen LogP contribution in [0.2, 0.25) is 0 Å². The maximum Gasteiger partial charge on any atom is 0.274 e. The Kier molecular flexibility index (Phi) is 6.84. The Morgan fingerprint density at radius 2 is 2.03 bits per heavy atom. The molecule has 0 radical (unpaired) electrons. The van der Waals surface area contributed by atoms with Gasteiger partial charge in [-0.3, -0.25) is 9.78 Å². The number of aryl methyl sites for hydroxylation is 1. The van der Waals surface area contributed by atoms with Crippen LogP contribution >= 0.6 is 0 Å². The van der Waals surface area contributed by atoms with Gasteiger partial charge in [0.25, 0.3) is 5.91 Å². The summed E-state index contributed by atoms with van der Waals surface area (Å²) in [5.74, 6) is -2.75. The molecule has 0 spiro atoms. The van der Waals surface area contributed by atoms with Crippen molar-refractivity contribution in [3.05, 3.63) is 107 Å². The van der Waals surface area contributed by atoms with Crippen LogP contribution in [0.3, 0.4) is 0 Å². The first kappa shape index (κ1) is 24.8. The van der Waals surface area contributed by atoms with Gasteiger partial charge in [0.2, 0.25) is 5.79 Å². The summed E-state index contributed by atoms with van der Waals surface area (Å²) in [5, 5.41) is 18.7. The van der Waals surface area contributed by atoms with Crippen molar-refractivity contribution in [2.75, 3.05) is 11.9 Å². The van der Waals surface area contributed by atoms with Gasteiger partial charge >= 0.3 is 0 Å². The summed E-state index contributed by atoms with van der Waals surface area (Å²) in [6.07, 6.45) is 3.62. The van der Waals surface area contributed by atoms with Gasteiger partial charge < -0.3 is 20.9 Å². The number of benzene rings is 2. The molecule has 1 fully saturated rings. The quantitative estimate of drug-likeness (QED) is 0.298. The van der Waals surface area contributed by atoms with Gasteiger partial charge in [0.05, 0.1) is 23.7 Å². The van der Waals surface area contributed by atoms with Crippen molar-refractivity contribution in [3.63, 3.8) is 0 Å². The molecule has 0 bridgehead atoms. The number of nitrogens with zero attached hydrogens (tertiary/aromatic N) is 3. The van der Waals surface area contributed by atoms with E-state index in [0.29, 0.717) is 30.5 Å². The Balaban J connectivity index is 1.47. The minimum atomic E-state index is -1.90. The molecule has 9 heteroatoms. The van der Waals surface area contributed by atoms with E-state index in [-0.39, 0.29) is 22.6 Å². The van der Waals surface area contributed by atoms with Gasteiger partial charge in [0, 0.05) is 18.3 Å². The molecule has 0 aliphatic heterocycles. The van der Waals surface area contributed by atoms with Crippen LogP contribution in [0, 0.1) is 18.7 Å². The molecule has 4 N–H and O–H groups in total.